The number of aryl methyl sites for hydroxylation is 2. The van der Waals surface area contributed by atoms with Gasteiger partial charge < -0.3 is 9.88 Å². The monoisotopic (exact) mass is 233 g/mol. The van der Waals surface area contributed by atoms with Crippen molar-refractivity contribution < 1.29 is 4.79 Å². The van der Waals surface area contributed by atoms with Crippen molar-refractivity contribution in [3.8, 4) is 0 Å². The third-order valence-corrected chi connectivity index (χ3v) is 2.51. The number of rotatable bonds is 3. The van der Waals surface area contributed by atoms with Crippen LogP contribution in [0.3, 0.4) is 0 Å². The van der Waals surface area contributed by atoms with Crippen molar-refractivity contribution in [2.75, 3.05) is 7.05 Å². The summed E-state index contributed by atoms with van der Waals surface area (Å²) in [4.78, 5) is 20.8. The third kappa shape index (κ3) is 2.35. The maximum atomic E-state index is 12.1. The molecule has 0 saturated carbocycles. The Morgan fingerprint density at radius 1 is 1.59 bits per heavy atom. The first-order valence-corrected chi connectivity index (χ1v) is 5.32. The minimum absolute atomic E-state index is 0.0653. The summed E-state index contributed by atoms with van der Waals surface area (Å²) in [6.45, 7) is 2.32. The molecule has 0 bridgehead atoms. The summed E-state index contributed by atoms with van der Waals surface area (Å²) in [5, 5.41) is 4.16. The molecule has 0 fully saturated rings. The Balaban J connectivity index is 2.12. The highest BCUT2D eigenvalue weighted by molar-refractivity contribution is 5.92. The molecule has 0 aromatic carbocycles. The molecule has 1 N–H and O–H groups in total. The van der Waals surface area contributed by atoms with Gasteiger partial charge in [0.25, 0.3) is 5.91 Å². The number of nitrogens with zero attached hydrogens (tertiary/aromatic N) is 4. The number of H-pyrrole nitrogens is 1. The smallest absolute Gasteiger partial charge is 0.272 e. The van der Waals surface area contributed by atoms with Gasteiger partial charge in [-0.1, -0.05) is 0 Å². The van der Waals surface area contributed by atoms with Gasteiger partial charge in [0, 0.05) is 26.5 Å². The molecule has 2 heterocycles. The summed E-state index contributed by atoms with van der Waals surface area (Å²) in [6, 6.07) is 1.78. The summed E-state index contributed by atoms with van der Waals surface area (Å²) in [5.41, 5.74) is 1.42. The molecule has 17 heavy (non-hydrogen) atoms. The van der Waals surface area contributed by atoms with Gasteiger partial charge in [-0.2, -0.15) is 5.10 Å². The highest BCUT2D eigenvalue weighted by Crippen LogP contribution is 2.07. The van der Waals surface area contributed by atoms with Crippen LogP contribution in [0.4, 0.5) is 0 Å². The van der Waals surface area contributed by atoms with Gasteiger partial charge in [0.1, 0.15) is 11.5 Å². The Kier molecular flexibility index (Phi) is 2.95. The second-order valence-electron chi connectivity index (χ2n) is 3.99. The number of aromatic nitrogens is 4. The summed E-state index contributed by atoms with van der Waals surface area (Å²) in [6.07, 6.45) is 3.41. The van der Waals surface area contributed by atoms with Gasteiger partial charge in [-0.25, -0.2) is 4.98 Å². The minimum atomic E-state index is -0.0653. The lowest BCUT2D eigenvalue weighted by Gasteiger charge is -2.15. The lowest BCUT2D eigenvalue weighted by molar-refractivity contribution is 0.0771. The second-order valence-corrected chi connectivity index (χ2v) is 3.99. The summed E-state index contributed by atoms with van der Waals surface area (Å²) >= 11 is 0. The van der Waals surface area contributed by atoms with Crippen molar-refractivity contribution in [1.29, 1.82) is 0 Å². The van der Waals surface area contributed by atoms with Crippen LogP contribution in [-0.2, 0) is 13.6 Å². The lowest BCUT2D eigenvalue weighted by atomic mass is 10.3. The quantitative estimate of drug-likeness (QED) is 0.849. The van der Waals surface area contributed by atoms with Crippen molar-refractivity contribution in [3.63, 3.8) is 0 Å². The van der Waals surface area contributed by atoms with E-state index in [9.17, 15) is 4.79 Å². The molecule has 1 amide bonds. The zero-order chi connectivity index (χ0) is 12.4. The summed E-state index contributed by atoms with van der Waals surface area (Å²) < 4.78 is 1.59. The highest BCUT2D eigenvalue weighted by atomic mass is 16.2. The molecule has 0 aliphatic rings. The van der Waals surface area contributed by atoms with Crippen LogP contribution >= 0.6 is 0 Å². The molecule has 0 aliphatic carbocycles. The summed E-state index contributed by atoms with van der Waals surface area (Å²) in [5.74, 6) is 0.698. The van der Waals surface area contributed by atoms with Gasteiger partial charge in [-0.15, -0.1) is 0 Å². The van der Waals surface area contributed by atoms with E-state index < -0.39 is 0 Å². The molecule has 0 aliphatic heterocycles. The van der Waals surface area contributed by atoms with Crippen LogP contribution in [0.5, 0.6) is 0 Å². The number of hydrogen-bond acceptors (Lipinski definition) is 3. The minimum Gasteiger partial charge on any atom is -0.347 e. The molecular formula is C11H15N5O. The predicted molar refractivity (Wildman–Crippen MR) is 62.3 cm³/mol. The van der Waals surface area contributed by atoms with Crippen molar-refractivity contribution >= 4 is 5.91 Å². The van der Waals surface area contributed by atoms with Crippen molar-refractivity contribution in [3.05, 3.63) is 35.7 Å². The van der Waals surface area contributed by atoms with Crippen molar-refractivity contribution in [1.82, 2.24) is 24.6 Å². The number of carbonyl (C=O) groups excluding carboxylic acids is 1. The normalized spacial score (nSPS) is 10.5. The van der Waals surface area contributed by atoms with Crippen LogP contribution < -0.4 is 0 Å². The van der Waals surface area contributed by atoms with Crippen LogP contribution in [0.25, 0.3) is 0 Å². The van der Waals surface area contributed by atoms with Crippen LogP contribution in [0.1, 0.15) is 22.0 Å². The average molecular weight is 233 g/mol. The maximum Gasteiger partial charge on any atom is 0.272 e. The van der Waals surface area contributed by atoms with Crippen LogP contribution in [-0.4, -0.2) is 37.6 Å². The van der Waals surface area contributed by atoms with E-state index >= 15 is 0 Å². The number of aromatic amines is 1. The highest BCUT2D eigenvalue weighted by Gasteiger charge is 2.17. The number of hydrogen-bond donors (Lipinski definition) is 1. The van der Waals surface area contributed by atoms with Crippen LogP contribution in [0.2, 0.25) is 0 Å². The van der Waals surface area contributed by atoms with E-state index in [2.05, 4.69) is 15.1 Å². The first-order valence-electron chi connectivity index (χ1n) is 5.32. The molecule has 90 valence electrons. The van der Waals surface area contributed by atoms with E-state index in [4.69, 9.17) is 0 Å². The fourth-order valence-electron chi connectivity index (χ4n) is 1.69. The standard InChI is InChI=1S/C11H15N5O/c1-8-6-9(16(3)14-8)11(17)15(2)7-10-12-4-5-13-10/h4-6H,7H2,1-3H3,(H,12,13). The van der Waals surface area contributed by atoms with E-state index in [1.165, 1.54) is 0 Å². The zero-order valence-electron chi connectivity index (χ0n) is 10.1. The number of nitrogens with one attached hydrogen (secondary N) is 1. The molecule has 0 radical (unpaired) electrons. The molecule has 0 unspecified atom stereocenters. The van der Waals surface area contributed by atoms with E-state index in [1.54, 1.807) is 42.1 Å². The van der Waals surface area contributed by atoms with Crippen molar-refractivity contribution in [2.45, 2.75) is 13.5 Å². The molecule has 2 aromatic heterocycles. The number of amides is 1. The zero-order valence-corrected chi connectivity index (χ0v) is 10.1. The number of carbonyl (C=O) groups is 1. The van der Waals surface area contributed by atoms with E-state index in [-0.39, 0.29) is 5.91 Å². The predicted octanol–water partition coefficient (Wildman–Crippen LogP) is 0.724. The van der Waals surface area contributed by atoms with Gasteiger partial charge in [0.05, 0.1) is 12.2 Å². The molecule has 6 nitrogen and oxygen atoms in total. The Labute approximate surface area is 99.3 Å². The maximum absolute atomic E-state index is 12.1. The molecule has 6 heteroatoms. The van der Waals surface area contributed by atoms with E-state index in [1.807, 2.05) is 6.92 Å². The number of imidazole rings is 1. The Bertz CT molecular complexity index is 514. The lowest BCUT2D eigenvalue weighted by Crippen LogP contribution is -2.28. The van der Waals surface area contributed by atoms with Gasteiger partial charge in [0.15, 0.2) is 0 Å². The Hall–Kier alpha value is -2.11. The van der Waals surface area contributed by atoms with Gasteiger partial charge in [-0.3, -0.25) is 9.48 Å². The molecule has 2 aromatic rings. The van der Waals surface area contributed by atoms with Crippen LogP contribution in [0.15, 0.2) is 18.5 Å². The topological polar surface area (TPSA) is 66.8 Å². The van der Waals surface area contributed by atoms with Crippen LogP contribution in [0, 0.1) is 6.92 Å². The Morgan fingerprint density at radius 2 is 2.35 bits per heavy atom. The largest absolute Gasteiger partial charge is 0.347 e. The second kappa shape index (κ2) is 4.40. The van der Waals surface area contributed by atoms with Gasteiger partial charge in [0.2, 0.25) is 0 Å². The van der Waals surface area contributed by atoms with E-state index in [0.29, 0.717) is 12.2 Å². The average Bonchev–Trinajstić information content (AvgIpc) is 2.87. The summed E-state index contributed by atoms with van der Waals surface area (Å²) in [7, 11) is 3.51. The fraction of sp³-hybridized carbons (Fsp3) is 0.364. The van der Waals surface area contributed by atoms with Crippen molar-refractivity contribution in [2.24, 2.45) is 7.05 Å². The molecule has 2 rings (SSSR count). The SMILES string of the molecule is Cc1cc(C(=O)N(C)Cc2ncc[nH]2)n(C)n1. The van der Waals surface area contributed by atoms with Gasteiger partial charge in [-0.05, 0) is 13.0 Å². The Morgan fingerprint density at radius 3 is 2.88 bits per heavy atom. The fourth-order valence-corrected chi connectivity index (χ4v) is 1.69. The molecule has 0 saturated heterocycles. The molecule has 0 spiro atoms. The third-order valence-electron chi connectivity index (χ3n) is 2.51. The first kappa shape index (κ1) is 11.4. The molecular weight excluding hydrogens is 218 g/mol. The van der Waals surface area contributed by atoms with E-state index in [0.717, 1.165) is 11.5 Å². The van der Waals surface area contributed by atoms with Gasteiger partial charge >= 0.3 is 0 Å². The molecule has 0 atom stereocenters. The first-order chi connectivity index (χ1) is 8.08.